The molecule has 0 aliphatic rings. The molecule has 3 N–H and O–H groups in total. The first kappa shape index (κ1) is 14.4. The Balaban J connectivity index is 2.47. The smallest absolute Gasteiger partial charge is 0.413 e. The molecule has 0 aromatic heterocycles. The Labute approximate surface area is 110 Å². The Kier molecular flexibility index (Phi) is 5.51. The van der Waals surface area contributed by atoms with Crippen LogP contribution in [0.3, 0.4) is 0 Å². The third kappa shape index (κ3) is 4.67. The standard InChI is InChI=1S/C12H16N2O3S/c1-3-17-12(16)14-11(15)7-18-10-6-9(13)5-4-8(10)2/h4-6H,3,7,13H2,1-2H3,(H,14,15,16). The van der Waals surface area contributed by atoms with Gasteiger partial charge in [0, 0.05) is 10.6 Å². The number of nitrogen functional groups attached to an aromatic ring is 1. The maximum Gasteiger partial charge on any atom is 0.413 e. The molecule has 1 aromatic carbocycles. The number of carbonyl (C=O) groups excluding carboxylic acids is 2. The van der Waals surface area contributed by atoms with E-state index in [-0.39, 0.29) is 18.3 Å². The first-order valence-corrected chi connectivity index (χ1v) is 6.47. The minimum atomic E-state index is -0.715. The van der Waals surface area contributed by atoms with Crippen molar-refractivity contribution in [2.24, 2.45) is 0 Å². The third-order valence-corrected chi connectivity index (χ3v) is 3.25. The van der Waals surface area contributed by atoms with Gasteiger partial charge in [-0.3, -0.25) is 10.1 Å². The van der Waals surface area contributed by atoms with Crippen LogP contribution in [0.4, 0.5) is 10.5 Å². The number of nitrogens with two attached hydrogens (primary N) is 1. The molecular weight excluding hydrogens is 252 g/mol. The summed E-state index contributed by atoms with van der Waals surface area (Å²) in [6, 6.07) is 5.50. The number of rotatable bonds is 4. The number of carbonyl (C=O) groups is 2. The Morgan fingerprint density at radius 3 is 2.83 bits per heavy atom. The number of hydrogen-bond donors (Lipinski definition) is 2. The molecule has 0 radical (unpaired) electrons. The fraction of sp³-hybridized carbons (Fsp3) is 0.333. The van der Waals surface area contributed by atoms with Gasteiger partial charge in [0.15, 0.2) is 0 Å². The first-order valence-electron chi connectivity index (χ1n) is 5.48. The molecular formula is C12H16N2O3S. The second kappa shape index (κ2) is 6.90. The van der Waals surface area contributed by atoms with Gasteiger partial charge in [-0.15, -0.1) is 11.8 Å². The van der Waals surface area contributed by atoms with Crippen LogP contribution < -0.4 is 11.1 Å². The zero-order valence-corrected chi connectivity index (χ0v) is 11.2. The molecule has 18 heavy (non-hydrogen) atoms. The summed E-state index contributed by atoms with van der Waals surface area (Å²) < 4.78 is 4.61. The van der Waals surface area contributed by atoms with E-state index in [0.717, 1.165) is 10.5 Å². The van der Waals surface area contributed by atoms with E-state index >= 15 is 0 Å². The summed E-state index contributed by atoms with van der Waals surface area (Å²) in [4.78, 5) is 23.4. The lowest BCUT2D eigenvalue weighted by Gasteiger charge is -2.07. The van der Waals surface area contributed by atoms with Gasteiger partial charge >= 0.3 is 6.09 Å². The highest BCUT2D eigenvalue weighted by Gasteiger charge is 2.09. The second-order valence-electron chi connectivity index (χ2n) is 3.58. The summed E-state index contributed by atoms with van der Waals surface area (Å²) in [5.74, 6) is -0.247. The Morgan fingerprint density at radius 1 is 1.44 bits per heavy atom. The van der Waals surface area contributed by atoms with Crippen molar-refractivity contribution in [2.45, 2.75) is 18.7 Å². The van der Waals surface area contributed by atoms with E-state index in [0.29, 0.717) is 5.69 Å². The van der Waals surface area contributed by atoms with Crippen molar-refractivity contribution in [3.8, 4) is 0 Å². The number of imide groups is 1. The monoisotopic (exact) mass is 268 g/mol. The van der Waals surface area contributed by atoms with Crippen LogP contribution in [0, 0.1) is 6.92 Å². The van der Waals surface area contributed by atoms with Crippen LogP contribution in [-0.4, -0.2) is 24.4 Å². The molecule has 0 aliphatic carbocycles. The lowest BCUT2D eigenvalue weighted by Crippen LogP contribution is -2.32. The van der Waals surface area contributed by atoms with Crippen molar-refractivity contribution in [3.05, 3.63) is 23.8 Å². The summed E-state index contributed by atoms with van der Waals surface area (Å²) >= 11 is 1.33. The van der Waals surface area contributed by atoms with E-state index in [2.05, 4.69) is 10.1 Å². The van der Waals surface area contributed by atoms with Crippen molar-refractivity contribution in [3.63, 3.8) is 0 Å². The molecule has 1 aromatic rings. The van der Waals surface area contributed by atoms with Crippen LogP contribution in [0.1, 0.15) is 12.5 Å². The van der Waals surface area contributed by atoms with Crippen LogP contribution in [0.5, 0.6) is 0 Å². The Hall–Kier alpha value is -1.69. The molecule has 2 amide bonds. The van der Waals surface area contributed by atoms with Gasteiger partial charge in [-0.2, -0.15) is 0 Å². The number of anilines is 1. The van der Waals surface area contributed by atoms with Gasteiger partial charge in [-0.1, -0.05) is 6.07 Å². The van der Waals surface area contributed by atoms with Crippen LogP contribution >= 0.6 is 11.8 Å². The van der Waals surface area contributed by atoms with Gasteiger partial charge in [0.25, 0.3) is 0 Å². The topological polar surface area (TPSA) is 81.4 Å². The fourth-order valence-corrected chi connectivity index (χ4v) is 2.11. The number of ether oxygens (including phenoxy) is 1. The molecule has 0 unspecified atom stereocenters. The molecule has 0 heterocycles. The highest BCUT2D eigenvalue weighted by Crippen LogP contribution is 2.24. The first-order chi connectivity index (χ1) is 8.52. The third-order valence-electron chi connectivity index (χ3n) is 2.09. The summed E-state index contributed by atoms with van der Waals surface area (Å²) in [6.07, 6.45) is -0.715. The molecule has 0 aliphatic heterocycles. The molecule has 6 heteroatoms. The molecule has 0 atom stereocenters. The number of hydrogen-bond acceptors (Lipinski definition) is 5. The van der Waals surface area contributed by atoms with E-state index in [1.165, 1.54) is 11.8 Å². The minimum absolute atomic E-state index is 0.142. The van der Waals surface area contributed by atoms with Gasteiger partial charge in [0.05, 0.1) is 12.4 Å². The normalized spacial score (nSPS) is 9.89. The van der Waals surface area contributed by atoms with E-state index in [1.807, 2.05) is 13.0 Å². The number of nitrogens with one attached hydrogen (secondary N) is 1. The highest BCUT2D eigenvalue weighted by atomic mass is 32.2. The molecule has 0 saturated carbocycles. The maximum absolute atomic E-state index is 11.4. The number of amides is 2. The van der Waals surface area contributed by atoms with E-state index in [1.54, 1.807) is 19.1 Å². The van der Waals surface area contributed by atoms with Gasteiger partial charge in [-0.05, 0) is 31.5 Å². The largest absolute Gasteiger partial charge is 0.450 e. The van der Waals surface area contributed by atoms with Gasteiger partial charge < -0.3 is 10.5 Å². The quantitative estimate of drug-likeness (QED) is 0.644. The lowest BCUT2D eigenvalue weighted by atomic mass is 10.2. The average Bonchev–Trinajstić information content (AvgIpc) is 2.30. The van der Waals surface area contributed by atoms with Crippen LogP contribution in [0.25, 0.3) is 0 Å². The van der Waals surface area contributed by atoms with Gasteiger partial charge in [-0.25, -0.2) is 4.79 Å². The predicted octanol–water partition coefficient (Wildman–Crippen LogP) is 1.94. The van der Waals surface area contributed by atoms with Crippen molar-refractivity contribution in [2.75, 3.05) is 18.1 Å². The molecule has 0 bridgehead atoms. The summed E-state index contributed by atoms with van der Waals surface area (Å²) in [7, 11) is 0. The molecule has 0 saturated heterocycles. The summed E-state index contributed by atoms with van der Waals surface area (Å²) in [5.41, 5.74) is 7.35. The lowest BCUT2D eigenvalue weighted by molar-refractivity contribution is -0.117. The number of alkyl carbamates (subject to hydrolysis) is 1. The minimum Gasteiger partial charge on any atom is -0.450 e. The molecule has 98 valence electrons. The highest BCUT2D eigenvalue weighted by molar-refractivity contribution is 8.00. The number of thioether (sulfide) groups is 1. The van der Waals surface area contributed by atoms with E-state index < -0.39 is 6.09 Å². The Morgan fingerprint density at radius 2 is 2.17 bits per heavy atom. The van der Waals surface area contributed by atoms with Crippen molar-refractivity contribution in [1.82, 2.24) is 5.32 Å². The van der Waals surface area contributed by atoms with E-state index in [9.17, 15) is 9.59 Å². The van der Waals surface area contributed by atoms with Crippen LogP contribution in [0.2, 0.25) is 0 Å². The second-order valence-corrected chi connectivity index (χ2v) is 4.60. The van der Waals surface area contributed by atoms with Crippen LogP contribution in [-0.2, 0) is 9.53 Å². The SMILES string of the molecule is CCOC(=O)NC(=O)CSc1cc(N)ccc1C. The van der Waals surface area contributed by atoms with Crippen LogP contribution in [0.15, 0.2) is 23.1 Å². The Bertz CT molecular complexity index is 449. The number of benzene rings is 1. The number of aryl methyl sites for hydroxylation is 1. The molecule has 0 fully saturated rings. The molecule has 0 spiro atoms. The zero-order valence-electron chi connectivity index (χ0n) is 10.4. The van der Waals surface area contributed by atoms with Crippen molar-refractivity contribution >= 4 is 29.4 Å². The zero-order chi connectivity index (χ0) is 13.5. The van der Waals surface area contributed by atoms with E-state index in [4.69, 9.17) is 5.73 Å². The summed E-state index contributed by atoms with van der Waals surface area (Å²) in [5, 5.41) is 2.13. The summed E-state index contributed by atoms with van der Waals surface area (Å²) in [6.45, 7) is 3.85. The maximum atomic E-state index is 11.4. The van der Waals surface area contributed by atoms with Gasteiger partial charge in [0.2, 0.25) is 5.91 Å². The van der Waals surface area contributed by atoms with Crippen molar-refractivity contribution < 1.29 is 14.3 Å². The fourth-order valence-electron chi connectivity index (χ4n) is 1.23. The average molecular weight is 268 g/mol. The van der Waals surface area contributed by atoms with Crippen molar-refractivity contribution in [1.29, 1.82) is 0 Å². The molecule has 5 nitrogen and oxygen atoms in total. The predicted molar refractivity (Wildman–Crippen MR) is 71.5 cm³/mol. The molecule has 1 rings (SSSR count). The van der Waals surface area contributed by atoms with Gasteiger partial charge in [0.1, 0.15) is 0 Å².